The maximum atomic E-state index is 12.1. The highest BCUT2D eigenvalue weighted by Gasteiger charge is 2.25. The molecule has 0 spiro atoms. The van der Waals surface area contributed by atoms with E-state index in [4.69, 9.17) is 14.9 Å². The number of nitrogens with zero attached hydrogens (tertiary/aromatic N) is 4. The molecule has 1 aromatic heterocycles. The van der Waals surface area contributed by atoms with Crippen LogP contribution in [0, 0.1) is 22.8 Å². The third kappa shape index (κ3) is 4.82. The van der Waals surface area contributed by atoms with E-state index in [0.29, 0.717) is 30.0 Å². The Labute approximate surface area is 151 Å². The number of ether oxygens (including phenoxy) is 1. The van der Waals surface area contributed by atoms with Gasteiger partial charge in [-0.15, -0.1) is 0 Å². The zero-order valence-electron chi connectivity index (χ0n) is 14.6. The largest absolute Gasteiger partial charge is 0.432 e. The van der Waals surface area contributed by atoms with Crippen molar-refractivity contribution in [2.75, 3.05) is 27.3 Å². The van der Waals surface area contributed by atoms with Crippen LogP contribution in [-0.4, -0.2) is 49.1 Å². The quantitative estimate of drug-likeness (QED) is 0.836. The van der Waals surface area contributed by atoms with Gasteiger partial charge >= 0.3 is 5.91 Å². The van der Waals surface area contributed by atoms with Gasteiger partial charge in [0.2, 0.25) is 0 Å². The summed E-state index contributed by atoms with van der Waals surface area (Å²) >= 11 is 0. The number of aromatic nitrogens is 1. The lowest BCUT2D eigenvalue weighted by Gasteiger charge is -2.10. The molecule has 0 radical (unpaired) electrons. The first kappa shape index (κ1) is 19.0. The first-order chi connectivity index (χ1) is 12.6. The number of methoxy groups -OCH3 is 1. The lowest BCUT2D eigenvalue weighted by Crippen LogP contribution is -2.36. The fourth-order valence-corrected chi connectivity index (χ4v) is 2.47. The van der Waals surface area contributed by atoms with E-state index in [0.717, 1.165) is 6.42 Å². The van der Waals surface area contributed by atoms with Crippen LogP contribution >= 0.6 is 0 Å². The summed E-state index contributed by atoms with van der Waals surface area (Å²) in [6.07, 6.45) is 4.24. The van der Waals surface area contributed by atoms with Crippen LogP contribution in [0.15, 0.2) is 34.9 Å². The lowest BCUT2D eigenvalue weighted by atomic mass is 10.1. The van der Waals surface area contributed by atoms with Gasteiger partial charge < -0.3 is 19.4 Å². The molecule has 2 heterocycles. The van der Waals surface area contributed by atoms with Crippen LogP contribution in [0.2, 0.25) is 0 Å². The minimum absolute atomic E-state index is 0.0298. The van der Waals surface area contributed by atoms with Gasteiger partial charge in [-0.05, 0) is 18.6 Å². The van der Waals surface area contributed by atoms with Crippen molar-refractivity contribution >= 4 is 5.91 Å². The number of hydrogen-bond acceptors (Lipinski definition) is 7. The number of amides is 1. The fourth-order valence-electron chi connectivity index (χ4n) is 2.47. The molecular weight excluding hydrogens is 334 g/mol. The lowest BCUT2D eigenvalue weighted by molar-refractivity contribution is 0.0904. The molecule has 1 aliphatic heterocycles. The van der Waals surface area contributed by atoms with Crippen LogP contribution in [-0.2, 0) is 4.74 Å². The van der Waals surface area contributed by atoms with E-state index >= 15 is 0 Å². The van der Waals surface area contributed by atoms with E-state index in [2.05, 4.69) is 27.3 Å². The van der Waals surface area contributed by atoms with E-state index in [1.54, 1.807) is 43.4 Å². The predicted molar refractivity (Wildman–Crippen MR) is 92.6 cm³/mol. The van der Waals surface area contributed by atoms with E-state index in [1.165, 1.54) is 6.20 Å². The molecule has 1 aromatic carbocycles. The van der Waals surface area contributed by atoms with Crippen LogP contribution in [0.4, 0.5) is 0 Å². The normalized spacial score (nSPS) is 15.4. The van der Waals surface area contributed by atoms with Crippen molar-refractivity contribution in [2.24, 2.45) is 0 Å². The van der Waals surface area contributed by atoms with E-state index < -0.39 is 5.91 Å². The molecule has 2 aromatic rings. The molecule has 3 rings (SSSR count). The fraction of sp³-hybridized carbons (Fsp3) is 0.333. The number of hydrogen-bond donors (Lipinski definition) is 1. The van der Waals surface area contributed by atoms with Crippen molar-refractivity contribution in [3.05, 3.63) is 41.9 Å². The van der Waals surface area contributed by atoms with Gasteiger partial charge in [-0.2, -0.15) is 10.5 Å². The van der Waals surface area contributed by atoms with Gasteiger partial charge in [-0.1, -0.05) is 12.1 Å². The molecule has 1 N–H and O–H groups in total. The minimum atomic E-state index is -0.405. The summed E-state index contributed by atoms with van der Waals surface area (Å²) in [6, 6.07) is 8.85. The summed E-state index contributed by atoms with van der Waals surface area (Å²) in [5.41, 5.74) is 1.19. The maximum Gasteiger partial charge on any atom is 0.307 e. The Balaban J connectivity index is 0.000000758. The Morgan fingerprint density at radius 1 is 1.42 bits per heavy atom. The van der Waals surface area contributed by atoms with Crippen LogP contribution < -0.4 is 5.32 Å². The first-order valence-electron chi connectivity index (χ1n) is 7.93. The Kier molecular flexibility index (Phi) is 6.72. The zero-order chi connectivity index (χ0) is 18.9. The summed E-state index contributed by atoms with van der Waals surface area (Å²) in [7, 11) is 3.25. The minimum Gasteiger partial charge on any atom is -0.432 e. The SMILES string of the molecule is COC.N#Cc1cccc(-c2cnc(C(=O)NC3CCN(C#N)C3)o2)c1. The van der Waals surface area contributed by atoms with Gasteiger partial charge in [0.15, 0.2) is 12.0 Å². The second kappa shape index (κ2) is 9.21. The number of carbonyl (C=O) groups excluding carboxylic acids is 1. The maximum absolute atomic E-state index is 12.1. The third-order valence-corrected chi connectivity index (χ3v) is 3.64. The molecule has 1 unspecified atom stereocenters. The highest BCUT2D eigenvalue weighted by Crippen LogP contribution is 2.21. The summed E-state index contributed by atoms with van der Waals surface area (Å²) in [6.45, 7) is 1.14. The molecule has 8 heteroatoms. The predicted octanol–water partition coefficient (Wildman–Crippen LogP) is 1.76. The van der Waals surface area contributed by atoms with Gasteiger partial charge in [0.25, 0.3) is 5.89 Å². The van der Waals surface area contributed by atoms with Gasteiger partial charge in [-0.25, -0.2) is 4.98 Å². The average molecular weight is 353 g/mol. The van der Waals surface area contributed by atoms with Crippen molar-refractivity contribution < 1.29 is 13.9 Å². The third-order valence-electron chi connectivity index (χ3n) is 3.64. The molecule has 26 heavy (non-hydrogen) atoms. The van der Waals surface area contributed by atoms with Crippen LogP contribution in [0.1, 0.15) is 22.7 Å². The Morgan fingerprint density at radius 3 is 2.85 bits per heavy atom. The highest BCUT2D eigenvalue weighted by atomic mass is 16.4. The molecule has 134 valence electrons. The standard InChI is InChI=1S/C16H13N5O2.C2H6O/c17-7-11-2-1-3-12(6-11)14-8-19-16(23-14)15(22)20-13-4-5-21(9-13)10-18;1-3-2/h1-3,6,8,13H,4-5,9H2,(H,20,22);1-2H3. The van der Waals surface area contributed by atoms with E-state index in [9.17, 15) is 4.79 Å². The number of oxazole rings is 1. The van der Waals surface area contributed by atoms with Crippen molar-refractivity contribution in [3.8, 4) is 23.6 Å². The van der Waals surface area contributed by atoms with Crippen molar-refractivity contribution in [2.45, 2.75) is 12.5 Å². The number of benzene rings is 1. The molecule has 0 saturated carbocycles. The van der Waals surface area contributed by atoms with E-state index in [-0.39, 0.29) is 11.9 Å². The zero-order valence-corrected chi connectivity index (χ0v) is 14.6. The Morgan fingerprint density at radius 2 is 2.19 bits per heavy atom. The van der Waals surface area contributed by atoms with Crippen LogP contribution in [0.5, 0.6) is 0 Å². The molecule has 0 bridgehead atoms. The number of rotatable bonds is 3. The summed E-state index contributed by atoms with van der Waals surface area (Å²) in [5, 5.41) is 20.5. The van der Waals surface area contributed by atoms with E-state index in [1.807, 2.05) is 0 Å². The Bertz CT molecular complexity index is 834. The number of carbonyl (C=O) groups is 1. The van der Waals surface area contributed by atoms with Crippen LogP contribution in [0.25, 0.3) is 11.3 Å². The van der Waals surface area contributed by atoms with Crippen molar-refractivity contribution in [1.82, 2.24) is 15.2 Å². The van der Waals surface area contributed by atoms with Gasteiger partial charge in [0.1, 0.15) is 0 Å². The molecule has 1 saturated heterocycles. The molecule has 0 aliphatic carbocycles. The van der Waals surface area contributed by atoms with Crippen molar-refractivity contribution in [1.29, 1.82) is 10.5 Å². The van der Waals surface area contributed by atoms with Crippen molar-refractivity contribution in [3.63, 3.8) is 0 Å². The molecule has 1 aliphatic rings. The smallest absolute Gasteiger partial charge is 0.307 e. The molecule has 1 atom stereocenters. The second-order valence-corrected chi connectivity index (χ2v) is 5.64. The second-order valence-electron chi connectivity index (χ2n) is 5.64. The first-order valence-corrected chi connectivity index (χ1v) is 7.93. The van der Waals surface area contributed by atoms with Gasteiger partial charge in [-0.3, -0.25) is 4.79 Å². The molecule has 1 fully saturated rings. The number of nitriles is 2. The molecular formula is C18H19N5O3. The van der Waals surface area contributed by atoms with Gasteiger partial charge in [0, 0.05) is 38.9 Å². The Hall–Kier alpha value is -3.36. The summed E-state index contributed by atoms with van der Waals surface area (Å²) in [5.74, 6) is -0.00688. The monoisotopic (exact) mass is 353 g/mol. The van der Waals surface area contributed by atoms with Gasteiger partial charge in [0.05, 0.1) is 17.8 Å². The van der Waals surface area contributed by atoms with Crippen LogP contribution in [0.3, 0.4) is 0 Å². The summed E-state index contributed by atoms with van der Waals surface area (Å²) < 4.78 is 9.73. The highest BCUT2D eigenvalue weighted by molar-refractivity contribution is 5.90. The average Bonchev–Trinajstić information content (AvgIpc) is 3.32. The summed E-state index contributed by atoms with van der Waals surface area (Å²) in [4.78, 5) is 17.7. The number of likely N-dealkylation sites (tertiary alicyclic amines) is 1. The number of nitrogens with one attached hydrogen (secondary N) is 1. The molecule has 8 nitrogen and oxygen atoms in total. The topological polar surface area (TPSA) is 115 Å². The molecule has 1 amide bonds.